The first-order valence-corrected chi connectivity index (χ1v) is 11.3. The van der Waals surface area contributed by atoms with Gasteiger partial charge in [0.2, 0.25) is 27.0 Å². The number of carbonyl (C=O) groups excluding carboxylic acids is 2. The molecule has 0 unspecified atom stereocenters. The molecule has 0 aliphatic heterocycles. The van der Waals surface area contributed by atoms with Gasteiger partial charge < -0.3 is 5.32 Å². The van der Waals surface area contributed by atoms with Crippen LogP contribution < -0.4 is 10.6 Å². The SMILES string of the molecule is Cc1ccccc1NC(=O)CSc1nnc(NC(=O)CN(C)S(C)(=O)=O)s1. The summed E-state index contributed by atoms with van der Waals surface area (Å²) in [4.78, 5) is 23.9. The Labute approximate surface area is 165 Å². The van der Waals surface area contributed by atoms with Gasteiger partial charge in [-0.2, -0.15) is 4.31 Å². The second-order valence-electron chi connectivity index (χ2n) is 5.59. The summed E-state index contributed by atoms with van der Waals surface area (Å²) < 4.78 is 24.0. The first-order chi connectivity index (χ1) is 12.6. The van der Waals surface area contributed by atoms with Crippen LogP contribution in [0.3, 0.4) is 0 Å². The molecule has 0 bridgehead atoms. The van der Waals surface area contributed by atoms with Crippen LogP contribution in [-0.2, 0) is 19.6 Å². The van der Waals surface area contributed by atoms with Gasteiger partial charge in [0.05, 0.1) is 18.6 Å². The molecule has 0 fully saturated rings. The zero-order chi connectivity index (χ0) is 20.0. The standard InChI is InChI=1S/C15H19N5O4S3/c1-10-6-4-5-7-11(10)16-13(22)9-25-15-19-18-14(26-15)17-12(21)8-20(2)27(3,23)24/h4-7H,8-9H2,1-3H3,(H,16,22)(H,17,18,21). The van der Waals surface area contributed by atoms with Gasteiger partial charge in [-0.15, -0.1) is 10.2 Å². The maximum absolute atomic E-state index is 12.0. The van der Waals surface area contributed by atoms with Crippen LogP contribution in [0.15, 0.2) is 28.6 Å². The predicted molar refractivity (Wildman–Crippen MR) is 107 cm³/mol. The van der Waals surface area contributed by atoms with Gasteiger partial charge in [0.25, 0.3) is 0 Å². The fourth-order valence-electron chi connectivity index (χ4n) is 1.82. The number of sulfonamides is 1. The van der Waals surface area contributed by atoms with E-state index < -0.39 is 15.9 Å². The topological polar surface area (TPSA) is 121 Å². The van der Waals surface area contributed by atoms with Gasteiger partial charge >= 0.3 is 0 Å². The smallest absolute Gasteiger partial charge is 0.241 e. The molecule has 0 aliphatic rings. The zero-order valence-corrected chi connectivity index (χ0v) is 17.4. The van der Waals surface area contributed by atoms with E-state index >= 15 is 0 Å². The third-order valence-corrected chi connectivity index (χ3v) is 6.56. The minimum Gasteiger partial charge on any atom is -0.325 e. The van der Waals surface area contributed by atoms with Gasteiger partial charge in [0.1, 0.15) is 0 Å². The molecule has 146 valence electrons. The first-order valence-electron chi connectivity index (χ1n) is 7.68. The van der Waals surface area contributed by atoms with Gasteiger partial charge in [0.15, 0.2) is 4.34 Å². The van der Waals surface area contributed by atoms with Crippen molar-refractivity contribution in [2.75, 3.05) is 36.2 Å². The molecule has 0 saturated carbocycles. The molecular weight excluding hydrogens is 410 g/mol. The Kier molecular flexibility index (Phi) is 7.30. The number of hydrogen-bond donors (Lipinski definition) is 2. The van der Waals surface area contributed by atoms with Gasteiger partial charge in [-0.05, 0) is 18.6 Å². The van der Waals surface area contributed by atoms with Crippen molar-refractivity contribution >= 4 is 55.8 Å². The minimum absolute atomic E-state index is 0.147. The van der Waals surface area contributed by atoms with Crippen molar-refractivity contribution in [3.05, 3.63) is 29.8 Å². The molecule has 2 N–H and O–H groups in total. The maximum Gasteiger partial charge on any atom is 0.241 e. The Morgan fingerprint density at radius 3 is 2.56 bits per heavy atom. The lowest BCUT2D eigenvalue weighted by Gasteiger charge is -2.12. The molecular formula is C15H19N5O4S3. The van der Waals surface area contributed by atoms with E-state index in [9.17, 15) is 18.0 Å². The van der Waals surface area contributed by atoms with Crippen molar-refractivity contribution in [3.63, 3.8) is 0 Å². The number of rotatable bonds is 8. The fraction of sp³-hybridized carbons (Fsp3) is 0.333. The summed E-state index contributed by atoms with van der Waals surface area (Å²) in [5.41, 5.74) is 1.72. The number of thioether (sulfide) groups is 1. The average Bonchev–Trinajstić information content (AvgIpc) is 3.01. The van der Waals surface area contributed by atoms with Crippen LogP contribution in [0.4, 0.5) is 10.8 Å². The van der Waals surface area contributed by atoms with E-state index in [0.29, 0.717) is 4.34 Å². The molecule has 0 radical (unpaired) electrons. The molecule has 2 rings (SSSR count). The summed E-state index contributed by atoms with van der Waals surface area (Å²) in [6.07, 6.45) is 1.02. The van der Waals surface area contributed by atoms with E-state index in [0.717, 1.165) is 33.1 Å². The number of hydrogen-bond acceptors (Lipinski definition) is 8. The highest BCUT2D eigenvalue weighted by Crippen LogP contribution is 2.25. The molecule has 2 amide bonds. The summed E-state index contributed by atoms with van der Waals surface area (Å²) in [7, 11) is -2.13. The molecule has 0 aliphatic carbocycles. The number of anilines is 2. The van der Waals surface area contributed by atoms with Crippen LogP contribution in [-0.4, -0.2) is 60.3 Å². The lowest BCUT2D eigenvalue weighted by Crippen LogP contribution is -2.34. The Hall–Kier alpha value is -2.02. The quantitative estimate of drug-likeness (QED) is 0.481. The second kappa shape index (κ2) is 9.26. The summed E-state index contributed by atoms with van der Waals surface area (Å²) in [6.45, 7) is 1.59. The summed E-state index contributed by atoms with van der Waals surface area (Å²) in [5, 5.41) is 13.3. The van der Waals surface area contributed by atoms with Crippen molar-refractivity contribution in [3.8, 4) is 0 Å². The van der Waals surface area contributed by atoms with E-state index in [1.807, 2.05) is 31.2 Å². The summed E-state index contributed by atoms with van der Waals surface area (Å²) in [6, 6.07) is 7.47. The highest BCUT2D eigenvalue weighted by Gasteiger charge is 2.17. The molecule has 1 aromatic carbocycles. The number of aromatic nitrogens is 2. The number of amides is 2. The number of nitrogens with one attached hydrogen (secondary N) is 2. The Balaban J connectivity index is 1.82. The highest BCUT2D eigenvalue weighted by molar-refractivity contribution is 8.01. The largest absolute Gasteiger partial charge is 0.325 e. The van der Waals surface area contributed by atoms with Crippen LogP contribution in [0.5, 0.6) is 0 Å². The predicted octanol–water partition coefficient (Wildman–Crippen LogP) is 1.41. The van der Waals surface area contributed by atoms with Crippen LogP contribution in [0, 0.1) is 6.92 Å². The van der Waals surface area contributed by atoms with Crippen LogP contribution >= 0.6 is 23.1 Å². The van der Waals surface area contributed by atoms with E-state index in [2.05, 4.69) is 20.8 Å². The number of carbonyl (C=O) groups is 2. The molecule has 2 aromatic rings. The zero-order valence-electron chi connectivity index (χ0n) is 14.9. The lowest BCUT2D eigenvalue weighted by molar-refractivity contribution is -0.116. The number of benzene rings is 1. The van der Waals surface area contributed by atoms with Crippen molar-refractivity contribution in [1.82, 2.24) is 14.5 Å². The van der Waals surface area contributed by atoms with Crippen LogP contribution in [0.1, 0.15) is 5.56 Å². The molecule has 9 nitrogen and oxygen atoms in total. The summed E-state index contributed by atoms with van der Waals surface area (Å²) >= 11 is 2.30. The van der Waals surface area contributed by atoms with E-state index in [4.69, 9.17) is 0 Å². The lowest BCUT2D eigenvalue weighted by atomic mass is 10.2. The number of nitrogens with zero attached hydrogens (tertiary/aromatic N) is 3. The third-order valence-electron chi connectivity index (χ3n) is 3.33. The van der Waals surface area contributed by atoms with Crippen molar-refractivity contribution in [1.29, 1.82) is 0 Å². The molecule has 27 heavy (non-hydrogen) atoms. The second-order valence-corrected chi connectivity index (χ2v) is 9.88. The Morgan fingerprint density at radius 1 is 1.19 bits per heavy atom. The van der Waals surface area contributed by atoms with Gasteiger partial charge in [-0.1, -0.05) is 41.3 Å². The molecule has 0 saturated heterocycles. The number of para-hydroxylation sites is 1. The van der Waals surface area contributed by atoms with E-state index in [-0.39, 0.29) is 23.3 Å². The Morgan fingerprint density at radius 2 is 1.89 bits per heavy atom. The average molecular weight is 430 g/mol. The van der Waals surface area contributed by atoms with Gasteiger partial charge in [-0.3, -0.25) is 14.9 Å². The van der Waals surface area contributed by atoms with Crippen LogP contribution in [0.25, 0.3) is 0 Å². The van der Waals surface area contributed by atoms with Gasteiger partial charge in [-0.25, -0.2) is 8.42 Å². The number of likely N-dealkylation sites (N-methyl/N-ethyl adjacent to an activating group) is 1. The van der Waals surface area contributed by atoms with E-state index in [1.165, 1.54) is 18.8 Å². The first kappa shape index (κ1) is 21.3. The highest BCUT2D eigenvalue weighted by atomic mass is 32.2. The summed E-state index contributed by atoms with van der Waals surface area (Å²) in [5.74, 6) is -0.550. The third kappa shape index (κ3) is 6.90. The van der Waals surface area contributed by atoms with Crippen molar-refractivity contribution in [2.24, 2.45) is 0 Å². The van der Waals surface area contributed by atoms with E-state index in [1.54, 1.807) is 0 Å². The van der Waals surface area contributed by atoms with Crippen LogP contribution in [0.2, 0.25) is 0 Å². The molecule has 0 spiro atoms. The maximum atomic E-state index is 12.0. The van der Waals surface area contributed by atoms with Gasteiger partial charge in [0, 0.05) is 12.7 Å². The fourth-order valence-corrected chi connectivity index (χ4v) is 3.74. The molecule has 0 atom stereocenters. The monoisotopic (exact) mass is 429 g/mol. The Bertz CT molecular complexity index is 929. The minimum atomic E-state index is -3.44. The molecule has 1 aromatic heterocycles. The molecule has 12 heteroatoms. The van der Waals surface area contributed by atoms with Crippen molar-refractivity contribution < 1.29 is 18.0 Å². The number of aryl methyl sites for hydroxylation is 1. The molecule has 1 heterocycles. The van der Waals surface area contributed by atoms with Crippen molar-refractivity contribution in [2.45, 2.75) is 11.3 Å². The normalized spacial score (nSPS) is 11.4.